The number of halogens is 1. The minimum absolute atomic E-state index is 0.102. The maximum absolute atomic E-state index is 12.5. The number of cyclic esters (lactones) is 1. The molecule has 1 aliphatic rings. The number of fused-ring (bicyclic) bond motifs is 1. The quantitative estimate of drug-likeness (QED) is 0.201. The van der Waals surface area contributed by atoms with E-state index in [1.54, 1.807) is 30.3 Å². The Morgan fingerprint density at radius 3 is 2.55 bits per heavy atom. The molecule has 2 heterocycles. The van der Waals surface area contributed by atoms with Crippen LogP contribution < -0.4 is 4.74 Å². The Balaban J connectivity index is 1.42. The second kappa shape index (κ2) is 9.02. The predicted octanol–water partition coefficient (Wildman–Crippen LogP) is 6.05. The number of thiophene rings is 1. The molecule has 1 aromatic heterocycles. The van der Waals surface area contributed by atoms with Gasteiger partial charge in [0.15, 0.2) is 5.70 Å². The molecule has 1 aliphatic heterocycles. The van der Waals surface area contributed by atoms with Gasteiger partial charge in [0.25, 0.3) is 0 Å². The van der Waals surface area contributed by atoms with E-state index in [1.165, 1.54) is 11.3 Å². The number of carbonyl (C=O) groups excluding carboxylic acids is 2. The van der Waals surface area contributed by atoms with Crippen LogP contribution in [0, 0.1) is 0 Å². The first-order valence-electron chi connectivity index (χ1n) is 10.1. The van der Waals surface area contributed by atoms with E-state index in [9.17, 15) is 9.59 Å². The molecular formula is C26H16ClNO4S. The van der Waals surface area contributed by atoms with Crippen molar-refractivity contribution < 1.29 is 19.1 Å². The number of rotatable bonds is 5. The van der Waals surface area contributed by atoms with E-state index in [4.69, 9.17) is 21.1 Å². The molecule has 0 N–H and O–H groups in total. The van der Waals surface area contributed by atoms with Gasteiger partial charge in [-0.3, -0.25) is 4.79 Å². The van der Waals surface area contributed by atoms with Crippen LogP contribution in [-0.2, 0) is 20.7 Å². The number of esters is 2. The monoisotopic (exact) mass is 473 g/mol. The second-order valence-electron chi connectivity index (χ2n) is 7.25. The molecule has 0 saturated heterocycles. The molecule has 0 fully saturated rings. The zero-order chi connectivity index (χ0) is 22.8. The molecule has 0 radical (unpaired) electrons. The molecule has 0 atom stereocenters. The third-order valence-corrected chi connectivity index (χ3v) is 6.64. The summed E-state index contributed by atoms with van der Waals surface area (Å²) in [6.45, 7) is 0. The summed E-state index contributed by atoms with van der Waals surface area (Å²) in [5, 5.41) is 1.38. The normalized spacial score (nSPS) is 14.4. The maximum Gasteiger partial charge on any atom is 0.363 e. The van der Waals surface area contributed by atoms with Crippen molar-refractivity contribution in [2.75, 3.05) is 0 Å². The van der Waals surface area contributed by atoms with Crippen LogP contribution in [0.25, 0.3) is 16.2 Å². The Bertz CT molecular complexity index is 1440. The van der Waals surface area contributed by atoms with Crippen molar-refractivity contribution in [3.05, 3.63) is 106 Å². The van der Waals surface area contributed by atoms with Crippen molar-refractivity contribution in [3.63, 3.8) is 0 Å². The summed E-state index contributed by atoms with van der Waals surface area (Å²) in [5.41, 5.74) is 1.50. The molecule has 0 unspecified atom stereocenters. The van der Waals surface area contributed by atoms with Crippen LogP contribution in [0.1, 0.15) is 16.0 Å². The van der Waals surface area contributed by atoms with Gasteiger partial charge in [-0.1, -0.05) is 78.3 Å². The van der Waals surface area contributed by atoms with Crippen molar-refractivity contribution in [1.82, 2.24) is 0 Å². The molecule has 0 aliphatic carbocycles. The zero-order valence-electron chi connectivity index (χ0n) is 17.2. The van der Waals surface area contributed by atoms with Crippen LogP contribution in [0.15, 0.2) is 89.6 Å². The van der Waals surface area contributed by atoms with Crippen LogP contribution in [0.5, 0.6) is 5.75 Å². The number of hydrogen-bond acceptors (Lipinski definition) is 6. The molecule has 0 saturated carbocycles. The van der Waals surface area contributed by atoms with Crippen LogP contribution in [0.4, 0.5) is 0 Å². The topological polar surface area (TPSA) is 65.0 Å². The van der Waals surface area contributed by atoms with Gasteiger partial charge in [-0.05, 0) is 23.8 Å². The minimum atomic E-state index is -0.594. The third kappa shape index (κ3) is 4.44. The standard InChI is InChI=1S/C26H16ClNO4S/c27-23-18-11-5-7-13-21(18)33-24(23)25-28-19(26(30)32-25)15-17-10-4-6-12-20(17)31-22(29)14-16-8-2-1-3-9-16/h1-13,15H,14H2/b19-15+. The lowest BCUT2D eigenvalue weighted by molar-refractivity contribution is -0.133. The van der Waals surface area contributed by atoms with E-state index in [0.717, 1.165) is 15.6 Å². The molecule has 0 amide bonds. The van der Waals surface area contributed by atoms with Gasteiger partial charge in [0, 0.05) is 15.6 Å². The van der Waals surface area contributed by atoms with Gasteiger partial charge in [-0.2, -0.15) is 0 Å². The van der Waals surface area contributed by atoms with Gasteiger partial charge in [0.05, 0.1) is 11.4 Å². The largest absolute Gasteiger partial charge is 0.426 e. The Morgan fingerprint density at radius 1 is 1.00 bits per heavy atom. The predicted molar refractivity (Wildman–Crippen MR) is 130 cm³/mol. The van der Waals surface area contributed by atoms with Gasteiger partial charge in [-0.25, -0.2) is 9.79 Å². The average molecular weight is 474 g/mol. The third-order valence-electron chi connectivity index (χ3n) is 4.98. The lowest BCUT2D eigenvalue weighted by Crippen LogP contribution is -2.12. The van der Waals surface area contributed by atoms with Gasteiger partial charge in [0.1, 0.15) is 10.6 Å². The molecule has 5 rings (SSSR count). The number of benzene rings is 3. The first kappa shape index (κ1) is 21.1. The van der Waals surface area contributed by atoms with Crippen LogP contribution >= 0.6 is 22.9 Å². The number of ether oxygens (including phenoxy) is 2. The molecule has 3 aromatic carbocycles. The first-order chi connectivity index (χ1) is 16.1. The van der Waals surface area contributed by atoms with E-state index < -0.39 is 11.9 Å². The summed E-state index contributed by atoms with van der Waals surface area (Å²) >= 11 is 7.91. The molecule has 0 bridgehead atoms. The van der Waals surface area contributed by atoms with Crippen LogP contribution in [-0.4, -0.2) is 17.8 Å². The summed E-state index contributed by atoms with van der Waals surface area (Å²) < 4.78 is 11.9. The summed E-state index contributed by atoms with van der Waals surface area (Å²) in [5.74, 6) is -0.496. The fraction of sp³-hybridized carbons (Fsp3) is 0.0385. The van der Waals surface area contributed by atoms with Crippen molar-refractivity contribution in [2.45, 2.75) is 6.42 Å². The Morgan fingerprint density at radius 2 is 1.73 bits per heavy atom. The number of aliphatic imine (C=N–C) groups is 1. The molecule has 7 heteroatoms. The lowest BCUT2D eigenvalue weighted by Gasteiger charge is -2.07. The highest BCUT2D eigenvalue weighted by Gasteiger charge is 2.28. The van der Waals surface area contributed by atoms with Gasteiger partial charge in [-0.15, -0.1) is 11.3 Å². The van der Waals surface area contributed by atoms with E-state index in [2.05, 4.69) is 4.99 Å². The van der Waals surface area contributed by atoms with Crippen molar-refractivity contribution in [2.24, 2.45) is 4.99 Å². The maximum atomic E-state index is 12.5. The van der Waals surface area contributed by atoms with Gasteiger partial charge >= 0.3 is 11.9 Å². The van der Waals surface area contributed by atoms with Crippen LogP contribution in [0.2, 0.25) is 5.02 Å². The van der Waals surface area contributed by atoms with E-state index in [0.29, 0.717) is 21.2 Å². The van der Waals surface area contributed by atoms with E-state index >= 15 is 0 Å². The van der Waals surface area contributed by atoms with Crippen molar-refractivity contribution in [1.29, 1.82) is 0 Å². The zero-order valence-corrected chi connectivity index (χ0v) is 18.7. The molecule has 162 valence electrons. The molecule has 5 nitrogen and oxygen atoms in total. The van der Waals surface area contributed by atoms with Crippen LogP contribution in [0.3, 0.4) is 0 Å². The summed E-state index contributed by atoms with van der Waals surface area (Å²) in [6.07, 6.45) is 1.68. The number of para-hydroxylation sites is 1. The number of carbonyl (C=O) groups is 2. The Kier molecular flexibility index (Phi) is 5.77. The number of nitrogens with zero attached hydrogens (tertiary/aromatic N) is 1. The summed E-state index contributed by atoms with van der Waals surface area (Å²) in [6, 6.07) is 24.0. The van der Waals surface area contributed by atoms with E-state index in [-0.39, 0.29) is 18.0 Å². The highest BCUT2D eigenvalue weighted by molar-refractivity contribution is 7.21. The average Bonchev–Trinajstić information content (AvgIpc) is 3.35. The number of hydrogen-bond donors (Lipinski definition) is 0. The second-order valence-corrected chi connectivity index (χ2v) is 8.68. The van der Waals surface area contributed by atoms with Gasteiger partial charge in [0.2, 0.25) is 5.90 Å². The highest BCUT2D eigenvalue weighted by atomic mass is 35.5. The fourth-order valence-electron chi connectivity index (χ4n) is 3.42. The lowest BCUT2D eigenvalue weighted by atomic mass is 10.1. The highest BCUT2D eigenvalue weighted by Crippen LogP contribution is 2.37. The first-order valence-corrected chi connectivity index (χ1v) is 11.3. The molecular weight excluding hydrogens is 458 g/mol. The molecule has 0 spiro atoms. The Labute approximate surface area is 198 Å². The van der Waals surface area contributed by atoms with Gasteiger partial charge < -0.3 is 9.47 Å². The molecule has 33 heavy (non-hydrogen) atoms. The Hall–Kier alpha value is -3.74. The SMILES string of the molecule is O=C(Cc1ccccc1)Oc1ccccc1/C=C1/N=C(c2sc3ccccc3c2Cl)OC1=O. The van der Waals surface area contributed by atoms with Crippen molar-refractivity contribution >= 4 is 56.9 Å². The van der Waals surface area contributed by atoms with E-state index in [1.807, 2.05) is 54.6 Å². The smallest absolute Gasteiger partial charge is 0.363 e. The minimum Gasteiger partial charge on any atom is -0.426 e. The molecule has 4 aromatic rings. The fourth-order valence-corrected chi connectivity index (χ4v) is 4.86. The summed E-state index contributed by atoms with van der Waals surface area (Å²) in [7, 11) is 0. The van der Waals surface area contributed by atoms with Crippen molar-refractivity contribution in [3.8, 4) is 5.75 Å². The summed E-state index contributed by atoms with van der Waals surface area (Å²) in [4.78, 5) is 29.9.